The van der Waals surface area contributed by atoms with Crippen molar-refractivity contribution < 1.29 is 13.5 Å². The van der Waals surface area contributed by atoms with E-state index in [1.54, 1.807) is 25.6 Å². The first-order valence-corrected chi connectivity index (χ1v) is 10.2. The van der Waals surface area contributed by atoms with Crippen LogP contribution in [0.2, 0.25) is 0 Å². The van der Waals surface area contributed by atoms with Gasteiger partial charge < -0.3 is 15.0 Å². The molecule has 0 aromatic carbocycles. The van der Waals surface area contributed by atoms with E-state index in [0.717, 1.165) is 22.2 Å². The Bertz CT molecular complexity index is 1090. The molecule has 4 aromatic rings. The van der Waals surface area contributed by atoms with Crippen LogP contribution in [0.3, 0.4) is 0 Å². The summed E-state index contributed by atoms with van der Waals surface area (Å²) in [5.41, 5.74) is 9.88. The molecule has 138 valence electrons. The molecule has 1 atom stereocenters. The number of nitrogens with two attached hydrogens (primary N) is 1. The van der Waals surface area contributed by atoms with Gasteiger partial charge in [-0.25, -0.2) is 4.98 Å². The minimum absolute atomic E-state index is 0.377. The second-order valence-electron chi connectivity index (χ2n) is 5.71. The van der Waals surface area contributed by atoms with E-state index < -0.39 is 10.8 Å². The lowest BCUT2D eigenvalue weighted by atomic mass is 10.1. The number of ether oxygens (including phenoxy) is 1. The SMILES string of the molecule is COCCS(=O)c1sc2nc(-c3cccnc3)cc(-c3ccon3)c2c1N. The van der Waals surface area contributed by atoms with E-state index in [4.69, 9.17) is 20.0 Å². The van der Waals surface area contributed by atoms with Gasteiger partial charge in [-0.15, -0.1) is 11.3 Å². The molecule has 0 saturated carbocycles. The number of rotatable bonds is 6. The summed E-state index contributed by atoms with van der Waals surface area (Å²) in [4.78, 5) is 9.60. The maximum atomic E-state index is 12.6. The zero-order valence-corrected chi connectivity index (χ0v) is 16.0. The highest BCUT2D eigenvalue weighted by atomic mass is 32.2. The average molecular weight is 400 g/mol. The molecule has 27 heavy (non-hydrogen) atoms. The number of fused-ring (bicyclic) bond motifs is 1. The molecule has 4 rings (SSSR count). The fourth-order valence-electron chi connectivity index (χ4n) is 2.74. The summed E-state index contributed by atoms with van der Waals surface area (Å²) in [5.74, 6) is 0.377. The van der Waals surface area contributed by atoms with Gasteiger partial charge in [0.05, 0.1) is 34.5 Å². The molecule has 0 amide bonds. The molecule has 0 spiro atoms. The largest absolute Gasteiger partial charge is 0.396 e. The third-order valence-corrected chi connectivity index (χ3v) is 6.89. The predicted molar refractivity (Wildman–Crippen MR) is 106 cm³/mol. The van der Waals surface area contributed by atoms with Crippen LogP contribution in [0.25, 0.3) is 32.7 Å². The second-order valence-corrected chi connectivity index (χ2v) is 8.47. The lowest BCUT2D eigenvalue weighted by molar-refractivity contribution is 0.218. The molecular weight excluding hydrogens is 384 g/mol. The summed E-state index contributed by atoms with van der Waals surface area (Å²) in [5, 5.41) is 4.79. The highest BCUT2D eigenvalue weighted by molar-refractivity contribution is 7.87. The van der Waals surface area contributed by atoms with Crippen LogP contribution in [0.15, 0.2) is 51.7 Å². The quantitative estimate of drug-likeness (QED) is 0.529. The van der Waals surface area contributed by atoms with Crippen LogP contribution in [-0.2, 0) is 15.5 Å². The van der Waals surface area contributed by atoms with Gasteiger partial charge >= 0.3 is 0 Å². The van der Waals surface area contributed by atoms with Crippen LogP contribution in [0, 0.1) is 0 Å². The number of anilines is 1. The van der Waals surface area contributed by atoms with Gasteiger partial charge in [-0.05, 0) is 18.2 Å². The molecule has 0 aliphatic carbocycles. The van der Waals surface area contributed by atoms with Gasteiger partial charge in [-0.1, -0.05) is 5.16 Å². The summed E-state index contributed by atoms with van der Waals surface area (Å²) in [6.45, 7) is 0.394. The summed E-state index contributed by atoms with van der Waals surface area (Å²) in [6.07, 6.45) is 4.96. The van der Waals surface area contributed by atoms with E-state index in [0.29, 0.717) is 32.8 Å². The van der Waals surface area contributed by atoms with Crippen molar-refractivity contribution in [2.75, 3.05) is 25.2 Å². The van der Waals surface area contributed by atoms with Gasteiger partial charge in [0.1, 0.15) is 21.0 Å². The Labute approximate surface area is 161 Å². The normalized spacial score (nSPS) is 12.5. The van der Waals surface area contributed by atoms with Crippen LogP contribution in [0.1, 0.15) is 0 Å². The number of methoxy groups -OCH3 is 1. The topological polar surface area (TPSA) is 104 Å². The van der Waals surface area contributed by atoms with E-state index in [-0.39, 0.29) is 0 Å². The maximum absolute atomic E-state index is 12.6. The maximum Gasteiger partial charge on any atom is 0.127 e. The molecule has 0 aliphatic rings. The molecule has 0 radical (unpaired) electrons. The Morgan fingerprint density at radius 1 is 1.33 bits per heavy atom. The van der Waals surface area contributed by atoms with Crippen molar-refractivity contribution in [2.24, 2.45) is 0 Å². The highest BCUT2D eigenvalue weighted by Gasteiger charge is 2.21. The van der Waals surface area contributed by atoms with Crippen LogP contribution < -0.4 is 5.73 Å². The molecule has 0 bridgehead atoms. The number of nitrogen functional groups attached to an aromatic ring is 1. The zero-order chi connectivity index (χ0) is 18.8. The van der Waals surface area contributed by atoms with Crippen molar-refractivity contribution in [3.8, 4) is 22.5 Å². The van der Waals surface area contributed by atoms with Crippen molar-refractivity contribution in [1.82, 2.24) is 15.1 Å². The molecule has 2 N–H and O–H groups in total. The van der Waals surface area contributed by atoms with E-state index in [1.807, 2.05) is 18.2 Å². The molecule has 4 aromatic heterocycles. The molecule has 1 unspecified atom stereocenters. The lowest BCUT2D eigenvalue weighted by Crippen LogP contribution is -2.04. The standard InChI is InChI=1S/C18H16N4O3S2/c1-24-7-8-27(23)18-16(19)15-12(13-4-6-25-22-13)9-14(21-17(15)26-18)11-3-2-5-20-10-11/h2-6,9-10H,7-8,19H2,1H3. The van der Waals surface area contributed by atoms with Crippen LogP contribution in [0.4, 0.5) is 5.69 Å². The van der Waals surface area contributed by atoms with Gasteiger partial charge in [-0.3, -0.25) is 9.19 Å². The minimum atomic E-state index is -1.26. The molecule has 0 fully saturated rings. The number of aromatic nitrogens is 3. The van der Waals surface area contributed by atoms with Crippen molar-refractivity contribution in [3.05, 3.63) is 42.9 Å². The molecule has 7 nitrogen and oxygen atoms in total. The first-order valence-electron chi connectivity index (χ1n) is 8.10. The Kier molecular flexibility index (Phi) is 4.97. The lowest BCUT2D eigenvalue weighted by Gasteiger charge is -2.06. The summed E-state index contributed by atoms with van der Waals surface area (Å²) < 4.78 is 23.3. The summed E-state index contributed by atoms with van der Waals surface area (Å²) in [6, 6.07) is 7.45. The Morgan fingerprint density at radius 3 is 2.93 bits per heavy atom. The summed E-state index contributed by atoms with van der Waals surface area (Å²) in [7, 11) is 0.318. The van der Waals surface area contributed by atoms with E-state index in [9.17, 15) is 4.21 Å². The number of thiophene rings is 1. The summed E-state index contributed by atoms with van der Waals surface area (Å²) >= 11 is 1.33. The molecule has 0 aliphatic heterocycles. The fourth-order valence-corrected chi connectivity index (χ4v) is 5.30. The minimum Gasteiger partial charge on any atom is -0.396 e. The monoisotopic (exact) mass is 400 g/mol. The molecule has 0 saturated heterocycles. The average Bonchev–Trinajstić information content (AvgIpc) is 3.35. The number of nitrogens with zero attached hydrogens (tertiary/aromatic N) is 3. The van der Waals surface area contributed by atoms with Crippen molar-refractivity contribution in [2.45, 2.75) is 4.21 Å². The third-order valence-electron chi connectivity index (χ3n) is 4.02. The van der Waals surface area contributed by atoms with Gasteiger partial charge in [0.15, 0.2) is 0 Å². The molecule has 4 heterocycles. The third kappa shape index (κ3) is 3.36. The highest BCUT2D eigenvalue weighted by Crippen LogP contribution is 2.42. The van der Waals surface area contributed by atoms with E-state index in [1.165, 1.54) is 17.6 Å². The van der Waals surface area contributed by atoms with Crippen LogP contribution in [-0.4, -0.2) is 38.8 Å². The first-order chi connectivity index (χ1) is 13.2. The molecule has 9 heteroatoms. The molecular formula is C18H16N4O3S2. The van der Waals surface area contributed by atoms with E-state index >= 15 is 0 Å². The fraction of sp³-hybridized carbons (Fsp3) is 0.167. The van der Waals surface area contributed by atoms with Crippen LogP contribution in [0.5, 0.6) is 0 Å². The van der Waals surface area contributed by atoms with Crippen LogP contribution >= 0.6 is 11.3 Å². The first kappa shape index (κ1) is 17.8. The van der Waals surface area contributed by atoms with Crippen molar-refractivity contribution >= 4 is 38.0 Å². The number of pyridine rings is 2. The number of hydrogen-bond donors (Lipinski definition) is 1. The van der Waals surface area contributed by atoms with Gasteiger partial charge in [0, 0.05) is 42.1 Å². The Hall–Kier alpha value is -2.62. The van der Waals surface area contributed by atoms with Gasteiger partial charge in [0.2, 0.25) is 0 Å². The Balaban J connectivity index is 1.94. The predicted octanol–water partition coefficient (Wildman–Crippen LogP) is 3.35. The van der Waals surface area contributed by atoms with Gasteiger partial charge in [-0.2, -0.15) is 0 Å². The van der Waals surface area contributed by atoms with Gasteiger partial charge in [0.25, 0.3) is 0 Å². The van der Waals surface area contributed by atoms with E-state index in [2.05, 4.69) is 10.1 Å². The Morgan fingerprint density at radius 2 is 2.22 bits per heavy atom. The second kappa shape index (κ2) is 7.55. The van der Waals surface area contributed by atoms with Crippen molar-refractivity contribution in [3.63, 3.8) is 0 Å². The smallest absolute Gasteiger partial charge is 0.127 e. The number of hydrogen-bond acceptors (Lipinski definition) is 8. The van der Waals surface area contributed by atoms with Crippen molar-refractivity contribution in [1.29, 1.82) is 0 Å². The zero-order valence-electron chi connectivity index (χ0n) is 14.4.